The first-order valence-electron chi connectivity index (χ1n) is 4.52. The van der Waals surface area contributed by atoms with Crippen molar-refractivity contribution in [1.82, 2.24) is 0 Å². The van der Waals surface area contributed by atoms with Crippen molar-refractivity contribution in [3.05, 3.63) is 28.2 Å². The summed E-state index contributed by atoms with van der Waals surface area (Å²) in [5, 5.41) is 0. The second-order valence-electron chi connectivity index (χ2n) is 3.30. The second kappa shape index (κ2) is 5.15. The van der Waals surface area contributed by atoms with Crippen LogP contribution in [-0.2, 0) is 11.2 Å². The summed E-state index contributed by atoms with van der Waals surface area (Å²) in [5.74, 6) is 0.814. The Labute approximate surface area is 92.4 Å². The molecule has 0 aliphatic heterocycles. The summed E-state index contributed by atoms with van der Waals surface area (Å²) in [6.07, 6.45) is 1.49. The van der Waals surface area contributed by atoms with Crippen LogP contribution < -0.4 is 4.74 Å². The first-order chi connectivity index (χ1) is 6.63. The molecule has 0 amide bonds. The van der Waals surface area contributed by atoms with Crippen LogP contribution in [0.5, 0.6) is 5.75 Å². The maximum absolute atomic E-state index is 10.3. The minimum absolute atomic E-state index is 0.156. The van der Waals surface area contributed by atoms with Gasteiger partial charge >= 0.3 is 0 Å². The zero-order chi connectivity index (χ0) is 10.6. The molecule has 0 saturated heterocycles. The highest BCUT2D eigenvalue weighted by Crippen LogP contribution is 2.26. The van der Waals surface area contributed by atoms with Crippen LogP contribution in [-0.4, -0.2) is 12.4 Å². The van der Waals surface area contributed by atoms with Crippen molar-refractivity contribution in [3.8, 4) is 5.75 Å². The molecule has 0 atom stereocenters. The topological polar surface area (TPSA) is 26.3 Å². The fourth-order valence-corrected chi connectivity index (χ4v) is 1.64. The Kier molecular flexibility index (Phi) is 4.14. The fraction of sp³-hybridized carbons (Fsp3) is 0.364. The maximum Gasteiger partial charge on any atom is 0.133 e. The third-order valence-corrected chi connectivity index (χ3v) is 2.30. The summed E-state index contributed by atoms with van der Waals surface area (Å²) < 4.78 is 6.44. The van der Waals surface area contributed by atoms with Crippen LogP contribution in [0.25, 0.3) is 0 Å². The van der Waals surface area contributed by atoms with E-state index in [9.17, 15) is 4.79 Å². The first kappa shape index (κ1) is 11.2. The fourth-order valence-electron chi connectivity index (χ4n) is 1.12. The summed E-state index contributed by atoms with van der Waals surface area (Å²) in [6, 6.07) is 5.69. The van der Waals surface area contributed by atoms with E-state index in [1.54, 1.807) is 0 Å². The summed E-state index contributed by atoms with van der Waals surface area (Å²) in [4.78, 5) is 10.3. The molecule has 0 aliphatic rings. The molecular formula is C11H13BrO2. The van der Waals surface area contributed by atoms with Crippen LogP contribution in [0.1, 0.15) is 19.4 Å². The molecule has 0 bridgehead atoms. The minimum atomic E-state index is 0.156. The molecule has 0 aromatic heterocycles. The molecule has 0 unspecified atom stereocenters. The Balaban J connectivity index is 2.83. The number of halogens is 1. The largest absolute Gasteiger partial charge is 0.490 e. The predicted molar refractivity (Wildman–Crippen MR) is 59.7 cm³/mol. The molecule has 2 nitrogen and oxygen atoms in total. The van der Waals surface area contributed by atoms with Crippen LogP contribution in [0, 0.1) is 0 Å². The lowest BCUT2D eigenvalue weighted by Gasteiger charge is -2.11. The summed E-state index contributed by atoms with van der Waals surface area (Å²) in [7, 11) is 0. The number of benzene rings is 1. The molecule has 3 heteroatoms. The molecule has 1 aromatic rings. The van der Waals surface area contributed by atoms with Gasteiger partial charge in [-0.3, -0.25) is 0 Å². The Morgan fingerprint density at radius 1 is 1.50 bits per heavy atom. The van der Waals surface area contributed by atoms with Gasteiger partial charge in [-0.25, -0.2) is 0 Å². The van der Waals surface area contributed by atoms with E-state index in [0.717, 1.165) is 22.1 Å². The average molecular weight is 257 g/mol. The van der Waals surface area contributed by atoms with E-state index < -0.39 is 0 Å². The Morgan fingerprint density at radius 2 is 2.21 bits per heavy atom. The highest BCUT2D eigenvalue weighted by Gasteiger charge is 2.03. The Morgan fingerprint density at radius 3 is 2.71 bits per heavy atom. The number of carbonyl (C=O) groups is 1. The summed E-state index contributed by atoms with van der Waals surface area (Å²) in [6.45, 7) is 3.96. The average Bonchev–Trinajstić information content (AvgIpc) is 2.10. The van der Waals surface area contributed by atoms with Gasteiger partial charge < -0.3 is 9.53 Å². The van der Waals surface area contributed by atoms with Crippen molar-refractivity contribution in [2.45, 2.75) is 26.4 Å². The van der Waals surface area contributed by atoms with Gasteiger partial charge in [-0.1, -0.05) is 6.07 Å². The van der Waals surface area contributed by atoms with E-state index in [1.165, 1.54) is 0 Å². The lowest BCUT2D eigenvalue weighted by molar-refractivity contribution is -0.107. The van der Waals surface area contributed by atoms with E-state index in [0.29, 0.717) is 6.42 Å². The second-order valence-corrected chi connectivity index (χ2v) is 4.16. The standard InChI is InChI=1S/C11H13BrO2/c1-8(2)14-11-4-3-9(5-6-13)7-10(11)12/h3-4,6-8H,5H2,1-2H3. The van der Waals surface area contributed by atoms with E-state index in [-0.39, 0.29) is 6.10 Å². The Bertz CT molecular complexity index is 321. The van der Waals surface area contributed by atoms with Crippen molar-refractivity contribution < 1.29 is 9.53 Å². The lowest BCUT2D eigenvalue weighted by atomic mass is 10.2. The SMILES string of the molecule is CC(C)Oc1ccc(CC=O)cc1Br. The number of rotatable bonds is 4. The van der Waals surface area contributed by atoms with Gasteiger partial charge in [0.2, 0.25) is 0 Å². The molecular weight excluding hydrogens is 244 g/mol. The molecule has 0 fully saturated rings. The van der Waals surface area contributed by atoms with E-state index in [4.69, 9.17) is 4.74 Å². The monoisotopic (exact) mass is 256 g/mol. The van der Waals surface area contributed by atoms with Gasteiger partial charge in [0.1, 0.15) is 12.0 Å². The maximum atomic E-state index is 10.3. The molecule has 0 heterocycles. The molecule has 14 heavy (non-hydrogen) atoms. The molecule has 0 aliphatic carbocycles. The van der Waals surface area contributed by atoms with Gasteiger partial charge in [0.25, 0.3) is 0 Å². The van der Waals surface area contributed by atoms with Crippen LogP contribution in [0.15, 0.2) is 22.7 Å². The van der Waals surface area contributed by atoms with E-state index in [2.05, 4.69) is 15.9 Å². The van der Waals surface area contributed by atoms with Gasteiger partial charge in [0.15, 0.2) is 0 Å². The number of hydrogen-bond acceptors (Lipinski definition) is 2. The summed E-state index contributed by atoms with van der Waals surface area (Å²) in [5.41, 5.74) is 0.989. The van der Waals surface area contributed by atoms with Gasteiger partial charge in [0.05, 0.1) is 10.6 Å². The third-order valence-electron chi connectivity index (χ3n) is 1.68. The zero-order valence-corrected chi connectivity index (χ0v) is 9.87. The van der Waals surface area contributed by atoms with Crippen LogP contribution in [0.4, 0.5) is 0 Å². The van der Waals surface area contributed by atoms with Gasteiger partial charge in [-0.15, -0.1) is 0 Å². The zero-order valence-electron chi connectivity index (χ0n) is 8.29. The first-order valence-corrected chi connectivity index (χ1v) is 5.31. The number of carbonyl (C=O) groups excluding carboxylic acids is 1. The van der Waals surface area contributed by atoms with Gasteiger partial charge in [-0.2, -0.15) is 0 Å². The molecule has 1 aromatic carbocycles. The molecule has 0 saturated carbocycles. The predicted octanol–water partition coefficient (Wildman–Crippen LogP) is 2.98. The van der Waals surface area contributed by atoms with Crippen LogP contribution in [0.3, 0.4) is 0 Å². The smallest absolute Gasteiger partial charge is 0.133 e. The minimum Gasteiger partial charge on any atom is -0.490 e. The lowest BCUT2D eigenvalue weighted by Crippen LogP contribution is -2.06. The molecule has 76 valence electrons. The normalized spacial score (nSPS) is 10.3. The summed E-state index contributed by atoms with van der Waals surface area (Å²) >= 11 is 3.40. The quantitative estimate of drug-likeness (QED) is 0.775. The van der Waals surface area contributed by atoms with Crippen LogP contribution in [0.2, 0.25) is 0 Å². The Hall–Kier alpha value is -0.830. The van der Waals surface area contributed by atoms with Crippen molar-refractivity contribution >= 4 is 22.2 Å². The molecule has 1 rings (SSSR count). The van der Waals surface area contributed by atoms with Crippen molar-refractivity contribution in [2.75, 3.05) is 0 Å². The number of aldehydes is 1. The number of hydrogen-bond donors (Lipinski definition) is 0. The number of ether oxygens (including phenoxy) is 1. The highest BCUT2D eigenvalue weighted by molar-refractivity contribution is 9.10. The molecule has 0 radical (unpaired) electrons. The molecule has 0 spiro atoms. The molecule has 0 N–H and O–H groups in total. The third kappa shape index (κ3) is 3.14. The van der Waals surface area contributed by atoms with Crippen molar-refractivity contribution in [2.24, 2.45) is 0 Å². The van der Waals surface area contributed by atoms with Crippen molar-refractivity contribution in [3.63, 3.8) is 0 Å². The van der Waals surface area contributed by atoms with Gasteiger partial charge in [0, 0.05) is 6.42 Å². The van der Waals surface area contributed by atoms with Gasteiger partial charge in [-0.05, 0) is 47.5 Å². The highest BCUT2D eigenvalue weighted by atomic mass is 79.9. The van der Waals surface area contributed by atoms with E-state index in [1.807, 2.05) is 32.0 Å². The van der Waals surface area contributed by atoms with E-state index >= 15 is 0 Å². The van der Waals surface area contributed by atoms with Crippen molar-refractivity contribution in [1.29, 1.82) is 0 Å². The van der Waals surface area contributed by atoms with Crippen LogP contribution >= 0.6 is 15.9 Å².